The molecule has 1 aliphatic rings. The number of nitrogens with one attached hydrogen (secondary N) is 1. The molecule has 28 heavy (non-hydrogen) atoms. The van der Waals surface area contributed by atoms with E-state index in [9.17, 15) is 4.79 Å². The van der Waals surface area contributed by atoms with Gasteiger partial charge in [0.05, 0.1) is 13.2 Å². The molecule has 5 nitrogen and oxygen atoms in total. The van der Waals surface area contributed by atoms with Crippen LogP contribution >= 0.6 is 11.6 Å². The highest BCUT2D eigenvalue weighted by molar-refractivity contribution is 6.30. The van der Waals surface area contributed by atoms with Crippen molar-refractivity contribution < 1.29 is 19.0 Å². The minimum atomic E-state index is -0.613. The zero-order valence-corrected chi connectivity index (χ0v) is 17.4. The van der Waals surface area contributed by atoms with Crippen molar-refractivity contribution in [2.75, 3.05) is 7.11 Å². The van der Waals surface area contributed by atoms with E-state index in [0.29, 0.717) is 23.6 Å². The monoisotopic (exact) mass is 403 g/mol. The molecular weight excluding hydrogens is 378 g/mol. The van der Waals surface area contributed by atoms with Gasteiger partial charge in [-0.25, -0.2) is 0 Å². The molecule has 0 saturated heterocycles. The molecule has 2 aromatic rings. The number of carbonyl (C=O) groups is 1. The number of methoxy groups -OCH3 is 1. The van der Waals surface area contributed by atoms with E-state index in [1.54, 1.807) is 31.4 Å². The molecule has 6 heteroatoms. The maximum Gasteiger partial charge on any atom is 0.261 e. The SMILES string of the molecule is CCC(Oc1cccc(Cl)c1)C(=O)NC1CC(C)(C)Oc2ccc(OC)cc21. The molecule has 2 unspecified atom stereocenters. The van der Waals surface area contributed by atoms with Crippen LogP contribution in [0.1, 0.15) is 45.2 Å². The Hall–Kier alpha value is -2.40. The fraction of sp³-hybridized carbons (Fsp3) is 0.409. The van der Waals surface area contributed by atoms with Crippen molar-refractivity contribution in [2.24, 2.45) is 0 Å². The predicted octanol–water partition coefficient (Wildman–Crippen LogP) is 4.92. The Morgan fingerprint density at radius 1 is 1.29 bits per heavy atom. The molecule has 0 aromatic heterocycles. The summed E-state index contributed by atoms with van der Waals surface area (Å²) in [5.74, 6) is 1.89. The quantitative estimate of drug-likeness (QED) is 0.743. The zero-order valence-electron chi connectivity index (χ0n) is 16.6. The summed E-state index contributed by atoms with van der Waals surface area (Å²) >= 11 is 6.02. The first-order valence-corrected chi connectivity index (χ1v) is 9.78. The Kier molecular flexibility index (Phi) is 6.04. The summed E-state index contributed by atoms with van der Waals surface area (Å²) in [6.07, 6.45) is 0.570. The molecule has 1 heterocycles. The predicted molar refractivity (Wildman–Crippen MR) is 109 cm³/mol. The van der Waals surface area contributed by atoms with Gasteiger partial charge in [-0.3, -0.25) is 4.79 Å². The Balaban J connectivity index is 1.80. The molecule has 1 amide bonds. The first kappa shape index (κ1) is 20.3. The molecule has 150 valence electrons. The van der Waals surface area contributed by atoms with E-state index in [1.807, 2.05) is 39.0 Å². The van der Waals surface area contributed by atoms with Gasteiger partial charge in [-0.15, -0.1) is 0 Å². The minimum absolute atomic E-state index is 0.168. The summed E-state index contributed by atoms with van der Waals surface area (Å²) in [5, 5.41) is 3.70. The summed E-state index contributed by atoms with van der Waals surface area (Å²) in [6, 6.07) is 12.5. The molecule has 3 rings (SSSR count). The summed E-state index contributed by atoms with van der Waals surface area (Å²) in [6.45, 7) is 5.94. The Labute approximate surface area is 170 Å². The first-order valence-electron chi connectivity index (χ1n) is 9.41. The second-order valence-electron chi connectivity index (χ2n) is 7.50. The number of benzene rings is 2. The second-order valence-corrected chi connectivity index (χ2v) is 7.94. The number of halogens is 1. The number of carbonyl (C=O) groups excluding carboxylic acids is 1. The summed E-state index contributed by atoms with van der Waals surface area (Å²) in [7, 11) is 1.62. The summed E-state index contributed by atoms with van der Waals surface area (Å²) < 4.78 is 17.3. The van der Waals surface area contributed by atoms with Crippen molar-refractivity contribution in [3.63, 3.8) is 0 Å². The maximum atomic E-state index is 13.0. The largest absolute Gasteiger partial charge is 0.497 e. The molecule has 0 radical (unpaired) electrons. The standard InChI is InChI=1S/C22H26ClNO4/c1-5-19(27-16-8-6-7-14(23)11-16)21(25)24-18-13-22(2,3)28-20-10-9-15(26-4)12-17(18)20/h6-12,18-19H,5,13H2,1-4H3,(H,24,25). The molecule has 0 saturated carbocycles. The van der Waals surface area contributed by atoms with Crippen LogP contribution in [0.5, 0.6) is 17.2 Å². The van der Waals surface area contributed by atoms with Crippen LogP contribution in [-0.2, 0) is 4.79 Å². The van der Waals surface area contributed by atoms with Gasteiger partial charge < -0.3 is 19.5 Å². The lowest BCUT2D eigenvalue weighted by Crippen LogP contribution is -2.45. The minimum Gasteiger partial charge on any atom is -0.497 e. The van der Waals surface area contributed by atoms with Crippen molar-refractivity contribution in [1.82, 2.24) is 5.32 Å². The van der Waals surface area contributed by atoms with E-state index >= 15 is 0 Å². The fourth-order valence-electron chi connectivity index (χ4n) is 3.38. The molecule has 2 aromatic carbocycles. The molecule has 1 aliphatic heterocycles. The van der Waals surface area contributed by atoms with Crippen LogP contribution in [0.25, 0.3) is 0 Å². The van der Waals surface area contributed by atoms with Crippen LogP contribution < -0.4 is 19.5 Å². The molecule has 1 N–H and O–H groups in total. The molecule has 0 bridgehead atoms. The van der Waals surface area contributed by atoms with Gasteiger partial charge in [0.1, 0.15) is 22.8 Å². The van der Waals surface area contributed by atoms with Crippen molar-refractivity contribution in [2.45, 2.75) is 51.4 Å². The lowest BCUT2D eigenvalue weighted by Gasteiger charge is -2.38. The van der Waals surface area contributed by atoms with Crippen LogP contribution in [0, 0.1) is 0 Å². The zero-order chi connectivity index (χ0) is 20.3. The van der Waals surface area contributed by atoms with Gasteiger partial charge >= 0.3 is 0 Å². The Bertz CT molecular complexity index is 852. The smallest absolute Gasteiger partial charge is 0.261 e. The number of amides is 1. The number of hydrogen-bond donors (Lipinski definition) is 1. The topological polar surface area (TPSA) is 56.8 Å². The number of rotatable bonds is 6. The van der Waals surface area contributed by atoms with Gasteiger partial charge in [0, 0.05) is 17.0 Å². The number of fused-ring (bicyclic) bond motifs is 1. The highest BCUT2D eigenvalue weighted by atomic mass is 35.5. The third kappa shape index (κ3) is 4.71. The molecule has 0 aliphatic carbocycles. The van der Waals surface area contributed by atoms with Crippen molar-refractivity contribution in [3.8, 4) is 17.2 Å². The van der Waals surface area contributed by atoms with Crippen LogP contribution in [-0.4, -0.2) is 24.7 Å². The van der Waals surface area contributed by atoms with Gasteiger partial charge in [-0.05, 0) is 56.7 Å². The fourth-order valence-corrected chi connectivity index (χ4v) is 3.56. The molecule has 0 spiro atoms. The van der Waals surface area contributed by atoms with E-state index in [2.05, 4.69) is 5.32 Å². The van der Waals surface area contributed by atoms with Crippen molar-refractivity contribution in [3.05, 3.63) is 53.1 Å². The van der Waals surface area contributed by atoms with Gasteiger partial charge in [0.25, 0.3) is 5.91 Å². The lowest BCUT2D eigenvalue weighted by atomic mass is 9.89. The van der Waals surface area contributed by atoms with Crippen LogP contribution in [0.3, 0.4) is 0 Å². The van der Waals surface area contributed by atoms with Gasteiger partial charge in [-0.2, -0.15) is 0 Å². The third-order valence-corrected chi connectivity index (χ3v) is 4.96. The van der Waals surface area contributed by atoms with E-state index in [1.165, 1.54) is 0 Å². The molecule has 2 atom stereocenters. The number of hydrogen-bond acceptors (Lipinski definition) is 4. The van der Waals surface area contributed by atoms with Crippen LogP contribution in [0.15, 0.2) is 42.5 Å². The third-order valence-electron chi connectivity index (χ3n) is 4.73. The highest BCUT2D eigenvalue weighted by Crippen LogP contribution is 2.41. The lowest BCUT2D eigenvalue weighted by molar-refractivity contribution is -0.129. The van der Waals surface area contributed by atoms with E-state index < -0.39 is 11.7 Å². The molecule has 0 fully saturated rings. The van der Waals surface area contributed by atoms with Gasteiger partial charge in [0.15, 0.2) is 6.10 Å². The summed E-state index contributed by atoms with van der Waals surface area (Å²) in [5.41, 5.74) is 0.513. The maximum absolute atomic E-state index is 13.0. The van der Waals surface area contributed by atoms with Crippen LogP contribution in [0.4, 0.5) is 0 Å². The average molecular weight is 404 g/mol. The molecular formula is C22H26ClNO4. The van der Waals surface area contributed by atoms with E-state index in [0.717, 1.165) is 17.1 Å². The summed E-state index contributed by atoms with van der Waals surface area (Å²) in [4.78, 5) is 13.0. The van der Waals surface area contributed by atoms with Gasteiger partial charge in [-0.1, -0.05) is 24.6 Å². The first-order chi connectivity index (χ1) is 13.3. The van der Waals surface area contributed by atoms with E-state index in [4.69, 9.17) is 25.8 Å². The number of ether oxygens (including phenoxy) is 3. The second kappa shape index (κ2) is 8.31. The van der Waals surface area contributed by atoms with Crippen LogP contribution in [0.2, 0.25) is 5.02 Å². The van der Waals surface area contributed by atoms with Gasteiger partial charge in [0.2, 0.25) is 0 Å². The Morgan fingerprint density at radius 2 is 2.07 bits per heavy atom. The van der Waals surface area contributed by atoms with E-state index in [-0.39, 0.29) is 11.9 Å². The normalized spacial score (nSPS) is 18.4. The highest BCUT2D eigenvalue weighted by Gasteiger charge is 2.36. The average Bonchev–Trinajstić information content (AvgIpc) is 2.65. The van der Waals surface area contributed by atoms with Crippen molar-refractivity contribution in [1.29, 1.82) is 0 Å². The van der Waals surface area contributed by atoms with Crippen molar-refractivity contribution >= 4 is 17.5 Å². The Morgan fingerprint density at radius 3 is 2.75 bits per heavy atom.